The Morgan fingerprint density at radius 3 is 2.87 bits per heavy atom. The normalized spacial score (nSPS) is 20.7. The summed E-state index contributed by atoms with van der Waals surface area (Å²) in [6, 6.07) is 11.1. The average Bonchev–Trinajstić information content (AvgIpc) is 2.79. The van der Waals surface area contributed by atoms with Crippen molar-refractivity contribution >= 4 is 0 Å². The van der Waals surface area contributed by atoms with E-state index in [0.29, 0.717) is 6.04 Å². The molecule has 1 N–H and O–H groups in total. The number of rotatable bonds is 5. The van der Waals surface area contributed by atoms with E-state index in [2.05, 4.69) is 29.6 Å². The van der Waals surface area contributed by atoms with Gasteiger partial charge in [-0.15, -0.1) is 0 Å². The zero-order valence-corrected chi connectivity index (χ0v) is 9.11. The van der Waals surface area contributed by atoms with Crippen LogP contribution in [0.3, 0.4) is 0 Å². The van der Waals surface area contributed by atoms with Gasteiger partial charge in [-0.2, -0.15) is 0 Å². The predicted octanol–water partition coefficient (Wildman–Crippen LogP) is 2.00. The zero-order chi connectivity index (χ0) is 10.3. The van der Waals surface area contributed by atoms with Crippen molar-refractivity contribution in [2.75, 3.05) is 19.8 Å². The Hall–Kier alpha value is -0.860. The summed E-state index contributed by atoms with van der Waals surface area (Å²) in [5.41, 5.74) is 1.36. The molecule has 0 aromatic heterocycles. The molecule has 1 unspecified atom stereocenters. The molecule has 2 heteroatoms. The first-order valence-corrected chi connectivity index (χ1v) is 5.80. The van der Waals surface area contributed by atoms with Gasteiger partial charge in [0.1, 0.15) is 0 Å². The van der Waals surface area contributed by atoms with E-state index in [1.807, 2.05) is 6.07 Å². The average molecular weight is 205 g/mol. The van der Waals surface area contributed by atoms with Gasteiger partial charge < -0.3 is 10.1 Å². The molecule has 82 valence electrons. The topological polar surface area (TPSA) is 21.3 Å². The van der Waals surface area contributed by atoms with Gasteiger partial charge in [-0.3, -0.25) is 0 Å². The lowest BCUT2D eigenvalue weighted by Crippen LogP contribution is -2.27. The minimum absolute atomic E-state index is 0.598. The lowest BCUT2D eigenvalue weighted by atomic mass is 10.2. The van der Waals surface area contributed by atoms with Crippen molar-refractivity contribution in [3.05, 3.63) is 35.9 Å². The molecule has 1 aliphatic rings. The Balaban J connectivity index is 1.59. The molecule has 1 fully saturated rings. The summed E-state index contributed by atoms with van der Waals surface area (Å²) in [6.45, 7) is 2.86. The summed E-state index contributed by atoms with van der Waals surface area (Å²) in [5.74, 6) is 0. The van der Waals surface area contributed by atoms with Gasteiger partial charge in [0.2, 0.25) is 0 Å². The predicted molar refractivity (Wildman–Crippen MR) is 62.0 cm³/mol. The highest BCUT2D eigenvalue weighted by Crippen LogP contribution is 2.05. The Morgan fingerprint density at radius 1 is 1.27 bits per heavy atom. The molecule has 1 atom stereocenters. The minimum atomic E-state index is 0.598. The summed E-state index contributed by atoms with van der Waals surface area (Å²) in [6.07, 6.45) is 3.59. The molecule has 1 aromatic carbocycles. The van der Waals surface area contributed by atoms with E-state index in [-0.39, 0.29) is 0 Å². The van der Waals surface area contributed by atoms with Crippen LogP contribution in [0.25, 0.3) is 0 Å². The number of benzene rings is 1. The SMILES string of the molecule is c1ccc(CCOCC2CCCN2)cc1. The molecule has 2 nitrogen and oxygen atoms in total. The highest BCUT2D eigenvalue weighted by molar-refractivity contribution is 5.14. The van der Waals surface area contributed by atoms with E-state index in [9.17, 15) is 0 Å². The van der Waals surface area contributed by atoms with Crippen molar-refractivity contribution in [1.82, 2.24) is 5.32 Å². The lowest BCUT2D eigenvalue weighted by Gasteiger charge is -2.10. The molecule has 0 aliphatic carbocycles. The maximum Gasteiger partial charge on any atom is 0.0619 e. The first kappa shape index (κ1) is 10.7. The first-order valence-electron chi connectivity index (χ1n) is 5.80. The Bertz CT molecular complexity index is 267. The van der Waals surface area contributed by atoms with Gasteiger partial charge in [0, 0.05) is 6.04 Å². The molecule has 1 aromatic rings. The fourth-order valence-electron chi connectivity index (χ4n) is 1.96. The lowest BCUT2D eigenvalue weighted by molar-refractivity contribution is 0.119. The molecule has 15 heavy (non-hydrogen) atoms. The fraction of sp³-hybridized carbons (Fsp3) is 0.538. The molecular weight excluding hydrogens is 186 g/mol. The number of ether oxygens (including phenoxy) is 1. The van der Waals surface area contributed by atoms with Gasteiger partial charge in [0.25, 0.3) is 0 Å². The van der Waals surface area contributed by atoms with E-state index in [1.165, 1.54) is 18.4 Å². The highest BCUT2D eigenvalue weighted by atomic mass is 16.5. The van der Waals surface area contributed by atoms with Crippen LogP contribution in [-0.4, -0.2) is 25.8 Å². The van der Waals surface area contributed by atoms with E-state index in [1.54, 1.807) is 0 Å². The molecule has 2 rings (SSSR count). The van der Waals surface area contributed by atoms with Gasteiger partial charge in [-0.25, -0.2) is 0 Å². The van der Waals surface area contributed by atoms with E-state index < -0.39 is 0 Å². The van der Waals surface area contributed by atoms with Crippen molar-refractivity contribution in [3.63, 3.8) is 0 Å². The molecular formula is C13H19NO. The second kappa shape index (κ2) is 5.89. The van der Waals surface area contributed by atoms with Crippen LogP contribution in [0.15, 0.2) is 30.3 Å². The number of hydrogen-bond acceptors (Lipinski definition) is 2. The van der Waals surface area contributed by atoms with Crippen molar-refractivity contribution in [3.8, 4) is 0 Å². The third-order valence-electron chi connectivity index (χ3n) is 2.86. The van der Waals surface area contributed by atoms with Gasteiger partial charge in [-0.05, 0) is 31.4 Å². The van der Waals surface area contributed by atoms with Gasteiger partial charge >= 0.3 is 0 Å². The van der Waals surface area contributed by atoms with Gasteiger partial charge in [-0.1, -0.05) is 30.3 Å². The van der Waals surface area contributed by atoms with Crippen molar-refractivity contribution < 1.29 is 4.74 Å². The van der Waals surface area contributed by atoms with Crippen LogP contribution in [0.4, 0.5) is 0 Å². The minimum Gasteiger partial charge on any atom is -0.379 e. The largest absolute Gasteiger partial charge is 0.379 e. The highest BCUT2D eigenvalue weighted by Gasteiger charge is 2.13. The summed E-state index contributed by atoms with van der Waals surface area (Å²) in [4.78, 5) is 0. The second-order valence-corrected chi connectivity index (χ2v) is 4.10. The van der Waals surface area contributed by atoms with Crippen molar-refractivity contribution in [2.45, 2.75) is 25.3 Å². The van der Waals surface area contributed by atoms with Crippen LogP contribution in [0.2, 0.25) is 0 Å². The standard InChI is InChI=1S/C13H19NO/c1-2-5-12(6-3-1)8-10-15-11-13-7-4-9-14-13/h1-3,5-6,13-14H,4,7-11H2. The summed E-state index contributed by atoms with van der Waals surface area (Å²) >= 11 is 0. The molecule has 0 bridgehead atoms. The molecule has 0 radical (unpaired) electrons. The van der Waals surface area contributed by atoms with Gasteiger partial charge in [0.05, 0.1) is 13.2 Å². The monoisotopic (exact) mass is 205 g/mol. The molecule has 1 saturated heterocycles. The molecule has 1 heterocycles. The summed E-state index contributed by atoms with van der Waals surface area (Å²) in [5, 5.41) is 3.43. The quantitative estimate of drug-likeness (QED) is 0.742. The van der Waals surface area contributed by atoms with E-state index in [0.717, 1.165) is 26.2 Å². The Morgan fingerprint density at radius 2 is 2.13 bits per heavy atom. The van der Waals surface area contributed by atoms with Crippen LogP contribution in [0.5, 0.6) is 0 Å². The Labute approximate surface area is 91.6 Å². The summed E-state index contributed by atoms with van der Waals surface area (Å²) < 4.78 is 5.66. The van der Waals surface area contributed by atoms with Crippen LogP contribution in [0.1, 0.15) is 18.4 Å². The van der Waals surface area contributed by atoms with Gasteiger partial charge in [0.15, 0.2) is 0 Å². The third kappa shape index (κ3) is 3.65. The smallest absolute Gasteiger partial charge is 0.0619 e. The zero-order valence-electron chi connectivity index (χ0n) is 9.11. The van der Waals surface area contributed by atoms with Crippen LogP contribution in [0, 0.1) is 0 Å². The number of nitrogens with one attached hydrogen (secondary N) is 1. The van der Waals surface area contributed by atoms with E-state index >= 15 is 0 Å². The third-order valence-corrected chi connectivity index (χ3v) is 2.86. The molecule has 1 aliphatic heterocycles. The molecule has 0 spiro atoms. The number of hydrogen-bond donors (Lipinski definition) is 1. The van der Waals surface area contributed by atoms with Crippen molar-refractivity contribution in [1.29, 1.82) is 0 Å². The first-order chi connectivity index (χ1) is 7.45. The molecule has 0 saturated carbocycles. The second-order valence-electron chi connectivity index (χ2n) is 4.10. The molecule has 0 amide bonds. The van der Waals surface area contributed by atoms with Crippen LogP contribution >= 0.6 is 0 Å². The van der Waals surface area contributed by atoms with Crippen molar-refractivity contribution in [2.24, 2.45) is 0 Å². The van der Waals surface area contributed by atoms with E-state index in [4.69, 9.17) is 4.74 Å². The fourth-order valence-corrected chi connectivity index (χ4v) is 1.96. The maximum absolute atomic E-state index is 5.66. The summed E-state index contributed by atoms with van der Waals surface area (Å²) in [7, 11) is 0. The van der Waals surface area contributed by atoms with Crippen LogP contribution < -0.4 is 5.32 Å². The van der Waals surface area contributed by atoms with Crippen LogP contribution in [-0.2, 0) is 11.2 Å². The maximum atomic E-state index is 5.66. The Kier molecular flexibility index (Phi) is 4.18.